The summed E-state index contributed by atoms with van der Waals surface area (Å²) in [6, 6.07) is 9.62. The van der Waals surface area contributed by atoms with Gasteiger partial charge in [-0.1, -0.05) is 18.2 Å². The highest BCUT2D eigenvalue weighted by Gasteiger charge is 2.18. The van der Waals surface area contributed by atoms with Crippen LogP contribution in [0, 0.1) is 0 Å². The molecule has 5 heteroatoms. The van der Waals surface area contributed by atoms with Crippen molar-refractivity contribution in [2.24, 2.45) is 0 Å². The lowest BCUT2D eigenvalue weighted by atomic mass is 9.97. The molecule has 114 valence electrons. The molecule has 5 nitrogen and oxygen atoms in total. The molecule has 0 spiro atoms. The van der Waals surface area contributed by atoms with Crippen LogP contribution in [0.1, 0.15) is 29.6 Å². The number of aromatic hydroxyl groups is 1. The van der Waals surface area contributed by atoms with Crippen molar-refractivity contribution in [3.8, 4) is 5.75 Å². The maximum Gasteiger partial charge on any atom is 0.305 e. The van der Waals surface area contributed by atoms with Gasteiger partial charge in [0.2, 0.25) is 11.6 Å². The molecule has 0 unspecified atom stereocenters. The van der Waals surface area contributed by atoms with Gasteiger partial charge in [0.15, 0.2) is 0 Å². The van der Waals surface area contributed by atoms with Gasteiger partial charge in [-0.3, -0.25) is 14.4 Å². The van der Waals surface area contributed by atoms with E-state index in [2.05, 4.69) is 4.74 Å². The third kappa shape index (κ3) is 3.49. The van der Waals surface area contributed by atoms with E-state index in [0.29, 0.717) is 16.3 Å². The number of ether oxygens (including phenoxy) is 1. The van der Waals surface area contributed by atoms with Crippen molar-refractivity contribution in [2.45, 2.75) is 19.3 Å². The van der Waals surface area contributed by atoms with Gasteiger partial charge >= 0.3 is 5.97 Å². The molecule has 0 aliphatic carbocycles. The molecule has 0 saturated carbocycles. The molecule has 0 fully saturated rings. The van der Waals surface area contributed by atoms with E-state index in [4.69, 9.17) is 0 Å². The fourth-order valence-corrected chi connectivity index (χ4v) is 2.23. The number of carbonyl (C=O) groups is 3. The molecule has 0 aromatic heterocycles. The summed E-state index contributed by atoms with van der Waals surface area (Å²) in [6.07, 6.45) is 0.393. The van der Waals surface area contributed by atoms with Gasteiger partial charge in [-0.25, -0.2) is 0 Å². The zero-order chi connectivity index (χ0) is 16.1. The standard InChI is InChI=1S/C17H16O5/c1-22-16(20)7-3-6-15(19)17(21)14-5-2-4-11-10-12(18)8-9-13(11)14/h2,4-5,8-10,18H,3,6-7H2,1H3. The minimum atomic E-state index is -0.582. The number of Topliss-reactive ketones (excluding diaryl/α,β-unsaturated/α-hetero) is 2. The van der Waals surface area contributed by atoms with Crippen LogP contribution in [-0.4, -0.2) is 29.8 Å². The summed E-state index contributed by atoms with van der Waals surface area (Å²) in [6.45, 7) is 0. The third-order valence-corrected chi connectivity index (χ3v) is 3.37. The molecule has 0 aliphatic rings. The van der Waals surface area contributed by atoms with E-state index in [1.807, 2.05) is 0 Å². The molecule has 2 aromatic carbocycles. The molecule has 22 heavy (non-hydrogen) atoms. The van der Waals surface area contributed by atoms with Crippen LogP contribution < -0.4 is 0 Å². The Labute approximate surface area is 127 Å². The van der Waals surface area contributed by atoms with E-state index < -0.39 is 17.5 Å². The van der Waals surface area contributed by atoms with Crippen molar-refractivity contribution in [1.29, 1.82) is 0 Å². The van der Waals surface area contributed by atoms with Gasteiger partial charge in [0.1, 0.15) is 5.75 Å². The number of phenolic OH excluding ortho intramolecular Hbond substituents is 1. The lowest BCUT2D eigenvalue weighted by Gasteiger charge is -2.06. The molecule has 0 atom stereocenters. The van der Waals surface area contributed by atoms with E-state index in [1.165, 1.54) is 19.2 Å². The molecule has 0 aliphatic heterocycles. The zero-order valence-electron chi connectivity index (χ0n) is 12.2. The Balaban J connectivity index is 2.15. The van der Waals surface area contributed by atoms with Crippen molar-refractivity contribution in [3.05, 3.63) is 42.0 Å². The molecule has 0 heterocycles. The van der Waals surface area contributed by atoms with Crippen molar-refractivity contribution in [3.63, 3.8) is 0 Å². The zero-order valence-corrected chi connectivity index (χ0v) is 12.2. The summed E-state index contributed by atoms with van der Waals surface area (Å²) in [7, 11) is 1.28. The van der Waals surface area contributed by atoms with Crippen molar-refractivity contribution < 1.29 is 24.2 Å². The van der Waals surface area contributed by atoms with Crippen molar-refractivity contribution in [2.75, 3.05) is 7.11 Å². The second kappa shape index (κ2) is 6.85. The lowest BCUT2D eigenvalue weighted by molar-refractivity contribution is -0.140. The first kappa shape index (κ1) is 15.7. The van der Waals surface area contributed by atoms with E-state index >= 15 is 0 Å². The fourth-order valence-electron chi connectivity index (χ4n) is 2.23. The van der Waals surface area contributed by atoms with Crippen LogP contribution in [0.25, 0.3) is 10.8 Å². The number of hydrogen-bond acceptors (Lipinski definition) is 5. The first-order valence-electron chi connectivity index (χ1n) is 6.89. The summed E-state index contributed by atoms with van der Waals surface area (Å²) in [5, 5.41) is 10.8. The van der Waals surface area contributed by atoms with Gasteiger partial charge in [-0.15, -0.1) is 0 Å². The Bertz CT molecular complexity index is 733. The molecule has 0 radical (unpaired) electrons. The number of phenols is 1. The number of ketones is 2. The second-order valence-corrected chi connectivity index (χ2v) is 4.89. The summed E-state index contributed by atoms with van der Waals surface area (Å²) >= 11 is 0. The second-order valence-electron chi connectivity index (χ2n) is 4.89. The molecule has 2 rings (SSSR count). The van der Waals surface area contributed by atoms with Crippen molar-refractivity contribution in [1.82, 2.24) is 0 Å². The Morgan fingerprint density at radius 3 is 2.59 bits per heavy atom. The van der Waals surface area contributed by atoms with E-state index in [9.17, 15) is 19.5 Å². The summed E-state index contributed by atoms with van der Waals surface area (Å²) in [5.41, 5.74) is 0.306. The maximum atomic E-state index is 12.3. The summed E-state index contributed by atoms with van der Waals surface area (Å²) in [5.74, 6) is -1.42. The van der Waals surface area contributed by atoms with Gasteiger partial charge in [-0.05, 0) is 35.4 Å². The number of hydrogen-bond donors (Lipinski definition) is 1. The highest BCUT2D eigenvalue weighted by molar-refractivity contribution is 6.45. The molecular formula is C17H16O5. The monoisotopic (exact) mass is 300 g/mol. The van der Waals surface area contributed by atoms with Crippen molar-refractivity contribution >= 4 is 28.3 Å². The van der Waals surface area contributed by atoms with Crippen LogP contribution in [0.5, 0.6) is 5.75 Å². The first-order chi connectivity index (χ1) is 10.5. The van der Waals surface area contributed by atoms with Gasteiger partial charge in [0.25, 0.3) is 0 Å². The van der Waals surface area contributed by atoms with Crippen LogP contribution in [0.2, 0.25) is 0 Å². The predicted molar refractivity (Wildman–Crippen MR) is 80.8 cm³/mol. The number of benzene rings is 2. The van der Waals surface area contributed by atoms with Crippen LogP contribution in [0.15, 0.2) is 36.4 Å². The van der Waals surface area contributed by atoms with Gasteiger partial charge in [0.05, 0.1) is 7.11 Å². The number of esters is 1. The number of fused-ring (bicyclic) bond motifs is 1. The average Bonchev–Trinajstić information content (AvgIpc) is 2.52. The minimum Gasteiger partial charge on any atom is -0.508 e. The van der Waals surface area contributed by atoms with Crippen LogP contribution in [0.4, 0.5) is 0 Å². The molecule has 2 aromatic rings. The smallest absolute Gasteiger partial charge is 0.305 e. The SMILES string of the molecule is COC(=O)CCCC(=O)C(=O)c1cccc2cc(O)ccc12. The Kier molecular flexibility index (Phi) is 4.88. The molecule has 0 amide bonds. The van der Waals surface area contributed by atoms with Gasteiger partial charge in [-0.2, -0.15) is 0 Å². The minimum absolute atomic E-state index is 0.00239. The first-order valence-corrected chi connectivity index (χ1v) is 6.89. The molecule has 0 bridgehead atoms. The molecule has 1 N–H and O–H groups in total. The Morgan fingerprint density at radius 2 is 1.86 bits per heavy atom. The Hall–Kier alpha value is -2.69. The lowest BCUT2D eigenvalue weighted by Crippen LogP contribution is -2.15. The molecular weight excluding hydrogens is 284 g/mol. The third-order valence-electron chi connectivity index (χ3n) is 3.37. The largest absolute Gasteiger partial charge is 0.508 e. The van der Waals surface area contributed by atoms with E-state index in [1.54, 1.807) is 24.3 Å². The highest BCUT2D eigenvalue weighted by Crippen LogP contribution is 2.24. The average molecular weight is 300 g/mol. The number of rotatable bonds is 6. The van der Waals surface area contributed by atoms with E-state index in [-0.39, 0.29) is 25.0 Å². The van der Waals surface area contributed by atoms with Crippen LogP contribution in [-0.2, 0) is 14.3 Å². The van der Waals surface area contributed by atoms with Gasteiger partial charge in [0, 0.05) is 18.4 Å². The number of methoxy groups -OCH3 is 1. The van der Waals surface area contributed by atoms with Gasteiger partial charge < -0.3 is 9.84 Å². The highest BCUT2D eigenvalue weighted by atomic mass is 16.5. The normalized spacial score (nSPS) is 10.4. The van der Waals surface area contributed by atoms with Crippen LogP contribution in [0.3, 0.4) is 0 Å². The quantitative estimate of drug-likeness (QED) is 0.504. The topological polar surface area (TPSA) is 80.7 Å². The Morgan fingerprint density at radius 1 is 1.09 bits per heavy atom. The summed E-state index contributed by atoms with van der Waals surface area (Å²) in [4.78, 5) is 35.2. The molecule has 0 saturated heterocycles. The number of carbonyl (C=O) groups excluding carboxylic acids is 3. The van der Waals surface area contributed by atoms with Crippen LogP contribution >= 0.6 is 0 Å². The predicted octanol–water partition coefficient (Wildman–Crippen LogP) is 2.64. The maximum absolute atomic E-state index is 12.3. The fraction of sp³-hybridized carbons (Fsp3) is 0.235. The summed E-state index contributed by atoms with van der Waals surface area (Å²) < 4.78 is 4.49. The van der Waals surface area contributed by atoms with E-state index in [0.717, 1.165) is 0 Å².